The normalized spacial score (nSPS) is 14.7. The summed E-state index contributed by atoms with van der Waals surface area (Å²) in [6, 6.07) is 14.2. The summed E-state index contributed by atoms with van der Waals surface area (Å²) >= 11 is 5.61. The van der Waals surface area contributed by atoms with Crippen molar-refractivity contribution in [2.75, 3.05) is 18.4 Å². The first-order valence-corrected chi connectivity index (χ1v) is 9.84. The van der Waals surface area contributed by atoms with E-state index in [1.807, 2.05) is 31.2 Å². The molecule has 5 heteroatoms. The zero-order valence-corrected chi connectivity index (χ0v) is 17.0. The minimum absolute atomic E-state index is 0.0163. The lowest BCUT2D eigenvalue weighted by Gasteiger charge is -2.34. The molecule has 3 rings (SSSR count). The fourth-order valence-electron chi connectivity index (χ4n) is 3.38. The zero-order valence-electron chi connectivity index (χ0n) is 16.2. The molecule has 0 atom stereocenters. The highest BCUT2D eigenvalue weighted by Gasteiger charge is 2.23. The first-order valence-electron chi connectivity index (χ1n) is 9.43. The zero-order chi connectivity index (χ0) is 19.4. The number of rotatable bonds is 3. The Hall–Kier alpha value is -2.40. The molecular formula is C22H27N3OS. The molecule has 0 aliphatic carbocycles. The molecule has 2 aromatic carbocycles. The Morgan fingerprint density at radius 1 is 1.04 bits per heavy atom. The average molecular weight is 382 g/mol. The molecule has 1 aliphatic rings. The third kappa shape index (κ3) is 4.86. The lowest BCUT2D eigenvalue weighted by molar-refractivity contribution is 0.0922. The van der Waals surface area contributed by atoms with Crippen molar-refractivity contribution in [3.05, 3.63) is 64.7 Å². The molecule has 2 N–H and O–H groups in total. The first-order chi connectivity index (χ1) is 12.9. The number of hydrogen-bond donors (Lipinski definition) is 2. The van der Waals surface area contributed by atoms with E-state index in [0.717, 1.165) is 47.9 Å². The van der Waals surface area contributed by atoms with Crippen molar-refractivity contribution in [2.24, 2.45) is 0 Å². The van der Waals surface area contributed by atoms with Crippen LogP contribution in [-0.2, 0) is 0 Å². The standard InChI is InChI=1S/C22H27N3OS/c1-15-8-9-17(3)20(14-15)24-22(27)25-12-10-18(11-13-25)23-21(26)19-7-5-4-6-16(19)2/h4-9,14,18H,10-13H2,1-3H3,(H,23,26)(H,24,27). The summed E-state index contributed by atoms with van der Waals surface area (Å²) in [5.74, 6) is 0.0163. The Labute approximate surface area is 167 Å². The molecule has 0 saturated carbocycles. The van der Waals surface area contributed by atoms with Crippen LogP contribution in [-0.4, -0.2) is 35.1 Å². The maximum atomic E-state index is 12.5. The number of aryl methyl sites for hydroxylation is 3. The van der Waals surface area contributed by atoms with Gasteiger partial charge in [0.2, 0.25) is 0 Å². The molecule has 0 spiro atoms. The van der Waals surface area contributed by atoms with E-state index in [9.17, 15) is 4.79 Å². The topological polar surface area (TPSA) is 44.4 Å². The second kappa shape index (κ2) is 8.53. The third-order valence-electron chi connectivity index (χ3n) is 5.14. The van der Waals surface area contributed by atoms with Crippen molar-refractivity contribution in [3.63, 3.8) is 0 Å². The van der Waals surface area contributed by atoms with E-state index >= 15 is 0 Å². The predicted octanol–water partition coefficient (Wildman–Crippen LogP) is 4.20. The molecule has 0 bridgehead atoms. The van der Waals surface area contributed by atoms with Gasteiger partial charge in [0, 0.05) is 30.4 Å². The van der Waals surface area contributed by atoms with Crippen LogP contribution in [0, 0.1) is 20.8 Å². The molecule has 0 aromatic heterocycles. The van der Waals surface area contributed by atoms with Crippen molar-refractivity contribution in [1.29, 1.82) is 0 Å². The van der Waals surface area contributed by atoms with Gasteiger partial charge in [-0.3, -0.25) is 4.79 Å². The number of piperidine rings is 1. The minimum atomic E-state index is 0.0163. The van der Waals surface area contributed by atoms with E-state index in [2.05, 4.69) is 47.6 Å². The summed E-state index contributed by atoms with van der Waals surface area (Å²) in [6.07, 6.45) is 1.79. The van der Waals surface area contributed by atoms with E-state index in [0.29, 0.717) is 0 Å². The van der Waals surface area contributed by atoms with Gasteiger partial charge in [0.15, 0.2) is 5.11 Å². The van der Waals surface area contributed by atoms with E-state index in [1.165, 1.54) is 11.1 Å². The van der Waals surface area contributed by atoms with Gasteiger partial charge >= 0.3 is 0 Å². The molecule has 4 nitrogen and oxygen atoms in total. The molecule has 0 radical (unpaired) electrons. The first kappa shape index (κ1) is 19.4. The van der Waals surface area contributed by atoms with Crippen LogP contribution in [0.3, 0.4) is 0 Å². The van der Waals surface area contributed by atoms with Gasteiger partial charge in [-0.05, 0) is 74.7 Å². The van der Waals surface area contributed by atoms with Gasteiger partial charge in [-0.15, -0.1) is 0 Å². The van der Waals surface area contributed by atoms with Crippen LogP contribution < -0.4 is 10.6 Å². The van der Waals surface area contributed by atoms with E-state index in [-0.39, 0.29) is 11.9 Å². The van der Waals surface area contributed by atoms with Crippen LogP contribution in [0.2, 0.25) is 0 Å². The summed E-state index contributed by atoms with van der Waals surface area (Å²) in [7, 11) is 0. The molecule has 142 valence electrons. The van der Waals surface area contributed by atoms with Gasteiger partial charge in [0.25, 0.3) is 5.91 Å². The summed E-state index contributed by atoms with van der Waals surface area (Å²) in [6.45, 7) is 7.81. The van der Waals surface area contributed by atoms with Crippen LogP contribution >= 0.6 is 12.2 Å². The third-order valence-corrected chi connectivity index (χ3v) is 5.50. The Morgan fingerprint density at radius 3 is 2.44 bits per heavy atom. The molecule has 1 heterocycles. The quantitative estimate of drug-likeness (QED) is 0.782. The molecule has 1 aliphatic heterocycles. The van der Waals surface area contributed by atoms with Gasteiger partial charge in [0.1, 0.15) is 0 Å². The number of nitrogens with zero attached hydrogens (tertiary/aromatic N) is 1. The van der Waals surface area contributed by atoms with Crippen LogP contribution in [0.25, 0.3) is 0 Å². The number of likely N-dealkylation sites (tertiary alicyclic amines) is 1. The molecule has 0 unspecified atom stereocenters. The number of carbonyl (C=O) groups is 1. The fraction of sp³-hybridized carbons (Fsp3) is 0.364. The largest absolute Gasteiger partial charge is 0.349 e. The van der Waals surface area contributed by atoms with Gasteiger partial charge in [-0.1, -0.05) is 30.3 Å². The van der Waals surface area contributed by atoms with Crippen molar-refractivity contribution in [1.82, 2.24) is 10.2 Å². The smallest absolute Gasteiger partial charge is 0.251 e. The molecule has 1 amide bonds. The number of anilines is 1. The van der Waals surface area contributed by atoms with E-state index in [1.54, 1.807) is 0 Å². The van der Waals surface area contributed by atoms with E-state index < -0.39 is 0 Å². The number of carbonyl (C=O) groups excluding carboxylic acids is 1. The highest BCUT2D eigenvalue weighted by Crippen LogP contribution is 2.19. The fourth-order valence-corrected chi connectivity index (χ4v) is 3.68. The maximum absolute atomic E-state index is 12.5. The van der Waals surface area contributed by atoms with Crippen molar-refractivity contribution in [3.8, 4) is 0 Å². The summed E-state index contributed by atoms with van der Waals surface area (Å²) < 4.78 is 0. The molecule has 1 saturated heterocycles. The van der Waals surface area contributed by atoms with Gasteiger partial charge in [-0.2, -0.15) is 0 Å². The van der Waals surface area contributed by atoms with Crippen molar-refractivity contribution >= 4 is 28.9 Å². The maximum Gasteiger partial charge on any atom is 0.251 e. The Morgan fingerprint density at radius 2 is 1.74 bits per heavy atom. The number of thiocarbonyl (C=S) groups is 1. The Bertz CT molecular complexity index is 841. The highest BCUT2D eigenvalue weighted by molar-refractivity contribution is 7.80. The van der Waals surface area contributed by atoms with E-state index in [4.69, 9.17) is 12.2 Å². The lowest BCUT2D eigenvalue weighted by Crippen LogP contribution is -2.47. The molecule has 27 heavy (non-hydrogen) atoms. The average Bonchev–Trinajstić information content (AvgIpc) is 2.65. The van der Waals surface area contributed by atoms with Crippen molar-refractivity contribution in [2.45, 2.75) is 39.7 Å². The van der Waals surface area contributed by atoms with Gasteiger partial charge in [0.05, 0.1) is 0 Å². The number of hydrogen-bond acceptors (Lipinski definition) is 2. The predicted molar refractivity (Wildman–Crippen MR) is 115 cm³/mol. The monoisotopic (exact) mass is 381 g/mol. The number of benzene rings is 2. The number of nitrogens with one attached hydrogen (secondary N) is 2. The summed E-state index contributed by atoms with van der Waals surface area (Å²) in [5.41, 5.74) is 5.22. The second-order valence-corrected chi connectivity index (χ2v) is 7.68. The molecular weight excluding hydrogens is 354 g/mol. The SMILES string of the molecule is Cc1ccc(C)c(NC(=S)N2CCC(NC(=O)c3ccccc3C)CC2)c1. The highest BCUT2D eigenvalue weighted by atomic mass is 32.1. The molecule has 1 fully saturated rings. The number of amides is 1. The summed E-state index contributed by atoms with van der Waals surface area (Å²) in [4.78, 5) is 14.7. The van der Waals surface area contributed by atoms with Crippen LogP contribution in [0.5, 0.6) is 0 Å². The second-order valence-electron chi connectivity index (χ2n) is 7.30. The lowest BCUT2D eigenvalue weighted by atomic mass is 10.0. The van der Waals surface area contributed by atoms with Gasteiger partial charge < -0.3 is 15.5 Å². The van der Waals surface area contributed by atoms with Crippen molar-refractivity contribution < 1.29 is 4.79 Å². The minimum Gasteiger partial charge on any atom is -0.349 e. The van der Waals surface area contributed by atoms with Crippen LogP contribution in [0.4, 0.5) is 5.69 Å². The van der Waals surface area contributed by atoms with Crippen LogP contribution in [0.1, 0.15) is 39.9 Å². The van der Waals surface area contributed by atoms with Gasteiger partial charge in [-0.25, -0.2) is 0 Å². The Kier molecular flexibility index (Phi) is 6.11. The molecule has 2 aromatic rings. The van der Waals surface area contributed by atoms with Crippen LogP contribution in [0.15, 0.2) is 42.5 Å². The summed E-state index contributed by atoms with van der Waals surface area (Å²) in [5, 5.41) is 7.31. The Balaban J connectivity index is 1.52.